The molecule has 0 aliphatic carbocycles. The summed E-state index contributed by atoms with van der Waals surface area (Å²) in [5.41, 5.74) is 1.76. The Labute approximate surface area is 131 Å². The van der Waals surface area contributed by atoms with Crippen LogP contribution in [0, 0.1) is 6.92 Å². The van der Waals surface area contributed by atoms with E-state index in [1.165, 1.54) is 6.07 Å². The zero-order valence-electron chi connectivity index (χ0n) is 12.3. The molecular formula is C19H12O4. The highest BCUT2D eigenvalue weighted by molar-refractivity contribution is 6.20. The van der Waals surface area contributed by atoms with Crippen molar-refractivity contribution in [3.05, 3.63) is 81.4 Å². The van der Waals surface area contributed by atoms with Gasteiger partial charge in [-0.15, -0.1) is 0 Å². The molecule has 3 aromatic rings. The van der Waals surface area contributed by atoms with Crippen LogP contribution in [0.4, 0.5) is 0 Å². The minimum atomic E-state index is -0.475. The summed E-state index contributed by atoms with van der Waals surface area (Å²) in [5, 5.41) is 0.737. The van der Waals surface area contributed by atoms with Gasteiger partial charge >= 0.3 is 5.63 Å². The van der Waals surface area contributed by atoms with E-state index in [0.717, 1.165) is 16.5 Å². The smallest absolute Gasteiger partial charge is 0.336 e. The Bertz CT molecular complexity index is 1030. The maximum absolute atomic E-state index is 12.7. The highest BCUT2D eigenvalue weighted by Crippen LogP contribution is 2.37. The van der Waals surface area contributed by atoms with Gasteiger partial charge in [-0.05, 0) is 36.3 Å². The van der Waals surface area contributed by atoms with E-state index < -0.39 is 5.63 Å². The fraction of sp³-hybridized carbons (Fsp3) is 0.0526. The van der Waals surface area contributed by atoms with Crippen molar-refractivity contribution in [3.8, 4) is 5.75 Å². The van der Waals surface area contributed by atoms with Crippen LogP contribution in [0.25, 0.3) is 17.0 Å². The highest BCUT2D eigenvalue weighted by atomic mass is 16.5. The van der Waals surface area contributed by atoms with Crippen molar-refractivity contribution < 1.29 is 13.9 Å². The van der Waals surface area contributed by atoms with Gasteiger partial charge in [-0.3, -0.25) is 4.79 Å². The number of ketones is 1. The molecule has 0 N–H and O–H groups in total. The molecule has 4 rings (SSSR count). The Morgan fingerprint density at radius 1 is 1.00 bits per heavy atom. The zero-order valence-corrected chi connectivity index (χ0v) is 12.3. The number of hydrogen-bond donors (Lipinski definition) is 0. The Balaban J connectivity index is 1.91. The first-order valence-electron chi connectivity index (χ1n) is 7.20. The molecule has 0 bridgehead atoms. The Morgan fingerprint density at radius 2 is 1.78 bits per heavy atom. The molecule has 0 amide bonds. The first kappa shape index (κ1) is 13.5. The van der Waals surface area contributed by atoms with E-state index in [2.05, 4.69) is 0 Å². The summed E-state index contributed by atoms with van der Waals surface area (Å²) in [5.74, 6) is 0.365. The number of Topliss-reactive ketones (excluding diaryl/α,β-unsaturated/α-hetero) is 1. The maximum Gasteiger partial charge on any atom is 0.336 e. The second-order valence-corrected chi connectivity index (χ2v) is 5.41. The fourth-order valence-corrected chi connectivity index (χ4v) is 2.75. The van der Waals surface area contributed by atoms with Crippen LogP contribution in [-0.4, -0.2) is 5.78 Å². The van der Waals surface area contributed by atoms with Gasteiger partial charge in [0.15, 0.2) is 11.3 Å². The van der Waals surface area contributed by atoms with Gasteiger partial charge in [-0.25, -0.2) is 4.79 Å². The third-order valence-electron chi connectivity index (χ3n) is 3.85. The minimum absolute atomic E-state index is 0.225. The van der Waals surface area contributed by atoms with E-state index >= 15 is 0 Å². The van der Waals surface area contributed by atoms with Crippen molar-refractivity contribution in [1.82, 2.24) is 0 Å². The number of ether oxygens (including phenoxy) is 1. The largest absolute Gasteiger partial charge is 0.452 e. The lowest BCUT2D eigenvalue weighted by Gasteiger charge is -2.02. The van der Waals surface area contributed by atoms with Crippen molar-refractivity contribution >= 4 is 22.8 Å². The lowest BCUT2D eigenvalue weighted by Crippen LogP contribution is -2.02. The number of hydrogen-bond acceptors (Lipinski definition) is 4. The fourth-order valence-electron chi connectivity index (χ4n) is 2.75. The predicted octanol–water partition coefficient (Wildman–Crippen LogP) is 3.72. The molecule has 0 saturated carbocycles. The quantitative estimate of drug-likeness (QED) is 0.508. The van der Waals surface area contributed by atoms with Crippen molar-refractivity contribution in [2.75, 3.05) is 0 Å². The number of allylic oxidation sites excluding steroid dienone is 1. The van der Waals surface area contributed by atoms with E-state index in [4.69, 9.17) is 9.15 Å². The lowest BCUT2D eigenvalue weighted by molar-refractivity contribution is 0.101. The van der Waals surface area contributed by atoms with E-state index in [1.54, 1.807) is 18.2 Å². The topological polar surface area (TPSA) is 56.5 Å². The molecule has 1 aromatic heterocycles. The van der Waals surface area contributed by atoms with Crippen LogP contribution in [0.15, 0.2) is 63.5 Å². The molecule has 2 aromatic carbocycles. The van der Waals surface area contributed by atoms with Crippen molar-refractivity contribution in [1.29, 1.82) is 0 Å². The molecule has 2 heterocycles. The Kier molecular flexibility index (Phi) is 2.91. The van der Waals surface area contributed by atoms with Crippen LogP contribution in [0.2, 0.25) is 0 Å². The standard InChI is InChI=1S/C19H12O4/c1-11-9-16(20)23-19-13(11)7-8-14-17(19)18(21)15(22-14)10-12-5-3-2-4-6-12/h2-10H,1H3/b15-10+. The number of rotatable bonds is 1. The lowest BCUT2D eigenvalue weighted by atomic mass is 10.0. The summed E-state index contributed by atoms with van der Waals surface area (Å²) in [6, 6.07) is 14.4. The van der Waals surface area contributed by atoms with Crippen molar-refractivity contribution in [3.63, 3.8) is 0 Å². The van der Waals surface area contributed by atoms with Crippen LogP contribution >= 0.6 is 0 Å². The van der Waals surface area contributed by atoms with Crippen LogP contribution in [0.1, 0.15) is 21.5 Å². The number of fused-ring (bicyclic) bond motifs is 3. The van der Waals surface area contributed by atoms with Gasteiger partial charge in [0, 0.05) is 11.5 Å². The molecule has 0 unspecified atom stereocenters. The molecule has 0 spiro atoms. The summed E-state index contributed by atoms with van der Waals surface area (Å²) in [6.07, 6.45) is 1.68. The highest BCUT2D eigenvalue weighted by Gasteiger charge is 2.31. The van der Waals surface area contributed by atoms with Crippen LogP contribution in [0.3, 0.4) is 0 Å². The average Bonchev–Trinajstić information content (AvgIpc) is 2.85. The first-order chi connectivity index (χ1) is 11.1. The number of benzene rings is 2. The molecule has 4 heteroatoms. The normalized spacial score (nSPS) is 15.0. The SMILES string of the molecule is Cc1cc(=O)oc2c3c(ccc12)O/C(=C/c1ccccc1)C3=O. The molecule has 0 atom stereocenters. The van der Waals surface area contributed by atoms with Gasteiger partial charge in [-0.2, -0.15) is 0 Å². The third kappa shape index (κ3) is 2.16. The molecule has 4 nitrogen and oxygen atoms in total. The minimum Gasteiger partial charge on any atom is -0.452 e. The van der Waals surface area contributed by atoms with E-state index in [-0.39, 0.29) is 17.1 Å². The Morgan fingerprint density at radius 3 is 2.57 bits per heavy atom. The zero-order chi connectivity index (χ0) is 16.0. The van der Waals surface area contributed by atoms with Gasteiger partial charge in [0.05, 0.1) is 0 Å². The molecule has 112 valence electrons. The molecule has 1 aliphatic rings. The summed E-state index contributed by atoms with van der Waals surface area (Å²) in [7, 11) is 0. The van der Waals surface area contributed by atoms with Gasteiger partial charge in [-0.1, -0.05) is 30.3 Å². The molecular weight excluding hydrogens is 292 g/mol. The van der Waals surface area contributed by atoms with E-state index in [1.807, 2.05) is 37.3 Å². The van der Waals surface area contributed by atoms with Crippen LogP contribution in [-0.2, 0) is 0 Å². The molecule has 1 aliphatic heterocycles. The maximum atomic E-state index is 12.7. The Hall–Kier alpha value is -3.14. The van der Waals surface area contributed by atoms with Gasteiger partial charge in [0.25, 0.3) is 0 Å². The summed E-state index contributed by atoms with van der Waals surface area (Å²) in [4.78, 5) is 24.3. The first-order valence-corrected chi connectivity index (χ1v) is 7.20. The molecule has 0 saturated heterocycles. The molecule has 0 fully saturated rings. The van der Waals surface area contributed by atoms with Gasteiger partial charge in [0.1, 0.15) is 11.3 Å². The third-order valence-corrected chi connectivity index (χ3v) is 3.85. The number of carbonyl (C=O) groups is 1. The molecule has 23 heavy (non-hydrogen) atoms. The predicted molar refractivity (Wildman–Crippen MR) is 86.6 cm³/mol. The van der Waals surface area contributed by atoms with Crippen molar-refractivity contribution in [2.45, 2.75) is 6.92 Å². The number of aryl methyl sites for hydroxylation is 1. The van der Waals surface area contributed by atoms with E-state index in [0.29, 0.717) is 11.3 Å². The molecule has 0 radical (unpaired) electrons. The van der Waals surface area contributed by atoms with Crippen LogP contribution < -0.4 is 10.4 Å². The van der Waals surface area contributed by atoms with E-state index in [9.17, 15) is 9.59 Å². The number of carbonyl (C=O) groups excluding carboxylic acids is 1. The second-order valence-electron chi connectivity index (χ2n) is 5.41. The summed E-state index contributed by atoms with van der Waals surface area (Å²) >= 11 is 0. The monoisotopic (exact) mass is 304 g/mol. The second kappa shape index (κ2) is 4.95. The summed E-state index contributed by atoms with van der Waals surface area (Å²) < 4.78 is 10.9. The van der Waals surface area contributed by atoms with Gasteiger partial charge in [0.2, 0.25) is 5.78 Å². The van der Waals surface area contributed by atoms with Crippen LogP contribution in [0.5, 0.6) is 5.75 Å². The summed E-state index contributed by atoms with van der Waals surface area (Å²) in [6.45, 7) is 1.81. The van der Waals surface area contributed by atoms with Crippen molar-refractivity contribution in [2.24, 2.45) is 0 Å². The average molecular weight is 304 g/mol. The van der Waals surface area contributed by atoms with Gasteiger partial charge < -0.3 is 9.15 Å².